The molecule has 7 heteroatoms. The molecule has 0 bridgehead atoms. The van der Waals surface area contributed by atoms with Crippen molar-refractivity contribution in [2.24, 2.45) is 5.92 Å². The summed E-state index contributed by atoms with van der Waals surface area (Å²) >= 11 is 0. The molecule has 6 nitrogen and oxygen atoms in total. The van der Waals surface area contributed by atoms with Crippen molar-refractivity contribution < 1.29 is 13.2 Å². The highest BCUT2D eigenvalue weighted by molar-refractivity contribution is 7.87. The van der Waals surface area contributed by atoms with Crippen LogP contribution in [0.15, 0.2) is 30.3 Å². The van der Waals surface area contributed by atoms with E-state index in [0.29, 0.717) is 25.6 Å². The third-order valence-corrected chi connectivity index (χ3v) is 7.13. The predicted molar refractivity (Wildman–Crippen MR) is 103 cm³/mol. The number of nitrogens with one attached hydrogen (secondary N) is 1. The van der Waals surface area contributed by atoms with Crippen LogP contribution in [0.3, 0.4) is 0 Å². The molecule has 1 atom stereocenters. The Balaban J connectivity index is 1.43. The minimum absolute atomic E-state index is 0.0229. The molecule has 2 heterocycles. The Hall–Kier alpha value is -0.990. The molecule has 0 aromatic heterocycles. The first-order valence-corrected chi connectivity index (χ1v) is 11.0. The van der Waals surface area contributed by atoms with Gasteiger partial charge in [-0.1, -0.05) is 30.3 Å². The van der Waals surface area contributed by atoms with Crippen molar-refractivity contribution in [1.82, 2.24) is 13.9 Å². The molecule has 0 radical (unpaired) electrons. The summed E-state index contributed by atoms with van der Waals surface area (Å²) < 4.78 is 34.8. The lowest BCUT2D eigenvalue weighted by Gasteiger charge is -2.32. The standard InChI is InChI=1S/C19H31N3O3S/c1-25-16-19-8-5-11-22(19)26(23,24)20-14-17-9-12-21(13-10-17)15-18-6-3-2-4-7-18/h2-4,6-7,17,19-20H,5,8-16H2,1H3/t19-/m1/s1. The summed E-state index contributed by atoms with van der Waals surface area (Å²) in [5, 5.41) is 0. The average Bonchev–Trinajstić information content (AvgIpc) is 3.12. The summed E-state index contributed by atoms with van der Waals surface area (Å²) in [6.07, 6.45) is 3.87. The van der Waals surface area contributed by atoms with Gasteiger partial charge in [0.05, 0.1) is 6.61 Å². The van der Waals surface area contributed by atoms with Gasteiger partial charge in [-0.2, -0.15) is 12.7 Å². The molecule has 0 saturated carbocycles. The van der Waals surface area contributed by atoms with E-state index in [1.165, 1.54) is 5.56 Å². The number of hydrogen-bond acceptors (Lipinski definition) is 4. The van der Waals surface area contributed by atoms with E-state index in [1.54, 1.807) is 11.4 Å². The third-order valence-electron chi connectivity index (χ3n) is 5.50. The van der Waals surface area contributed by atoms with Crippen LogP contribution in [0, 0.1) is 5.92 Å². The summed E-state index contributed by atoms with van der Waals surface area (Å²) in [6, 6.07) is 10.5. The van der Waals surface area contributed by atoms with E-state index in [2.05, 4.69) is 33.9 Å². The largest absolute Gasteiger partial charge is 0.383 e. The molecule has 0 aliphatic carbocycles. The maximum Gasteiger partial charge on any atom is 0.279 e. The molecule has 0 unspecified atom stereocenters. The number of likely N-dealkylation sites (tertiary alicyclic amines) is 1. The van der Waals surface area contributed by atoms with E-state index >= 15 is 0 Å². The van der Waals surface area contributed by atoms with Crippen LogP contribution in [0.1, 0.15) is 31.2 Å². The summed E-state index contributed by atoms with van der Waals surface area (Å²) in [5.74, 6) is 0.417. The van der Waals surface area contributed by atoms with E-state index in [9.17, 15) is 8.42 Å². The lowest BCUT2D eigenvalue weighted by molar-refractivity contribution is 0.148. The van der Waals surface area contributed by atoms with Crippen molar-refractivity contribution in [2.45, 2.75) is 38.3 Å². The van der Waals surface area contributed by atoms with E-state index in [-0.39, 0.29) is 6.04 Å². The molecule has 3 rings (SSSR count). The molecule has 26 heavy (non-hydrogen) atoms. The second-order valence-corrected chi connectivity index (χ2v) is 9.13. The molecule has 0 amide bonds. The van der Waals surface area contributed by atoms with Crippen LogP contribution in [-0.4, -0.2) is 63.6 Å². The SMILES string of the molecule is COC[C@H]1CCCN1S(=O)(=O)NCC1CCN(Cc2ccccc2)CC1. The van der Waals surface area contributed by atoms with Gasteiger partial charge in [-0.25, -0.2) is 4.72 Å². The van der Waals surface area contributed by atoms with Gasteiger partial charge in [0.15, 0.2) is 0 Å². The van der Waals surface area contributed by atoms with Gasteiger partial charge in [-0.05, 0) is 50.3 Å². The van der Waals surface area contributed by atoms with Crippen molar-refractivity contribution >= 4 is 10.2 Å². The summed E-state index contributed by atoms with van der Waals surface area (Å²) in [5.41, 5.74) is 1.34. The van der Waals surface area contributed by atoms with Crippen LogP contribution in [0.4, 0.5) is 0 Å². The van der Waals surface area contributed by atoms with Gasteiger partial charge in [-0.15, -0.1) is 0 Å². The Bertz CT molecular complexity index is 645. The Morgan fingerprint density at radius 1 is 1.12 bits per heavy atom. The van der Waals surface area contributed by atoms with Crippen molar-refractivity contribution in [2.75, 3.05) is 39.9 Å². The first-order valence-electron chi connectivity index (χ1n) is 9.60. The number of benzene rings is 1. The zero-order chi connectivity index (χ0) is 18.4. The molecule has 2 saturated heterocycles. The Kier molecular flexibility index (Phi) is 7.05. The number of hydrogen-bond donors (Lipinski definition) is 1. The average molecular weight is 382 g/mol. The van der Waals surface area contributed by atoms with Gasteiger partial charge < -0.3 is 4.74 Å². The molecule has 1 aromatic rings. The Morgan fingerprint density at radius 3 is 2.54 bits per heavy atom. The van der Waals surface area contributed by atoms with E-state index in [1.807, 2.05) is 6.07 Å². The lowest BCUT2D eigenvalue weighted by Crippen LogP contribution is -2.47. The summed E-state index contributed by atoms with van der Waals surface area (Å²) in [6.45, 7) is 4.63. The monoisotopic (exact) mass is 381 g/mol. The first-order chi connectivity index (χ1) is 12.6. The summed E-state index contributed by atoms with van der Waals surface area (Å²) in [7, 11) is -1.78. The third kappa shape index (κ3) is 5.27. The van der Waals surface area contributed by atoms with Gasteiger partial charge in [-0.3, -0.25) is 4.90 Å². The topological polar surface area (TPSA) is 61.9 Å². The van der Waals surface area contributed by atoms with Crippen LogP contribution in [0.2, 0.25) is 0 Å². The smallest absolute Gasteiger partial charge is 0.279 e. The fourth-order valence-corrected chi connectivity index (χ4v) is 5.52. The number of ether oxygens (including phenoxy) is 1. The van der Waals surface area contributed by atoms with Gasteiger partial charge in [0.2, 0.25) is 0 Å². The van der Waals surface area contributed by atoms with Crippen molar-refractivity contribution in [3.63, 3.8) is 0 Å². The maximum absolute atomic E-state index is 12.6. The molecule has 1 aromatic carbocycles. The minimum atomic E-state index is -3.40. The molecule has 1 N–H and O–H groups in total. The van der Waals surface area contributed by atoms with Gasteiger partial charge in [0, 0.05) is 32.8 Å². The zero-order valence-electron chi connectivity index (χ0n) is 15.6. The fourth-order valence-electron chi connectivity index (χ4n) is 3.98. The fraction of sp³-hybridized carbons (Fsp3) is 0.684. The quantitative estimate of drug-likeness (QED) is 0.746. The van der Waals surface area contributed by atoms with Crippen LogP contribution in [0.25, 0.3) is 0 Å². The molecule has 2 aliphatic heterocycles. The van der Waals surface area contributed by atoms with Crippen LogP contribution in [0.5, 0.6) is 0 Å². The molecule has 0 spiro atoms. The molecule has 146 valence electrons. The molecule has 2 aliphatic rings. The van der Waals surface area contributed by atoms with E-state index in [4.69, 9.17) is 4.74 Å². The lowest BCUT2D eigenvalue weighted by atomic mass is 9.97. The highest BCUT2D eigenvalue weighted by Gasteiger charge is 2.34. The number of nitrogens with zero attached hydrogens (tertiary/aromatic N) is 2. The van der Waals surface area contributed by atoms with Crippen LogP contribution in [-0.2, 0) is 21.5 Å². The Labute approximate surface area is 157 Å². The van der Waals surface area contributed by atoms with Gasteiger partial charge >= 0.3 is 0 Å². The van der Waals surface area contributed by atoms with Crippen LogP contribution >= 0.6 is 0 Å². The zero-order valence-corrected chi connectivity index (χ0v) is 16.5. The predicted octanol–water partition coefficient (Wildman–Crippen LogP) is 1.84. The molecule has 2 fully saturated rings. The van der Waals surface area contributed by atoms with Crippen molar-refractivity contribution in [1.29, 1.82) is 0 Å². The van der Waals surface area contributed by atoms with E-state index < -0.39 is 10.2 Å². The Morgan fingerprint density at radius 2 is 1.85 bits per heavy atom. The first kappa shape index (κ1) is 19.8. The summed E-state index contributed by atoms with van der Waals surface area (Å²) in [4.78, 5) is 2.45. The minimum Gasteiger partial charge on any atom is -0.383 e. The van der Waals surface area contributed by atoms with Gasteiger partial charge in [0.25, 0.3) is 10.2 Å². The van der Waals surface area contributed by atoms with Crippen LogP contribution < -0.4 is 4.72 Å². The van der Waals surface area contributed by atoms with E-state index in [0.717, 1.165) is 45.3 Å². The number of piperidine rings is 1. The number of methoxy groups -OCH3 is 1. The highest BCUT2D eigenvalue weighted by atomic mass is 32.2. The molecular weight excluding hydrogens is 350 g/mol. The second kappa shape index (κ2) is 9.28. The molecular formula is C19H31N3O3S. The number of rotatable bonds is 8. The second-order valence-electron chi connectivity index (χ2n) is 7.42. The van der Waals surface area contributed by atoms with Crippen molar-refractivity contribution in [3.8, 4) is 0 Å². The van der Waals surface area contributed by atoms with Gasteiger partial charge in [0.1, 0.15) is 0 Å². The highest BCUT2D eigenvalue weighted by Crippen LogP contribution is 2.22. The normalized spacial score (nSPS) is 23.5. The van der Waals surface area contributed by atoms with Crippen molar-refractivity contribution in [3.05, 3.63) is 35.9 Å². The maximum atomic E-state index is 12.6.